The van der Waals surface area contributed by atoms with E-state index >= 15 is 0 Å². The third-order valence-corrected chi connectivity index (χ3v) is 4.20. The number of hydrogen-bond acceptors (Lipinski definition) is 6. The van der Waals surface area contributed by atoms with Crippen molar-refractivity contribution in [2.24, 2.45) is 0 Å². The van der Waals surface area contributed by atoms with E-state index in [1.54, 1.807) is 25.1 Å². The van der Waals surface area contributed by atoms with Crippen LogP contribution in [0.1, 0.15) is 23.0 Å². The number of halogens is 2. The van der Waals surface area contributed by atoms with Crippen LogP contribution in [0.5, 0.6) is 0 Å². The number of anilines is 1. The number of ether oxygens (including phenoxy) is 1. The molecule has 0 spiro atoms. The fraction of sp³-hybridized carbons (Fsp3) is 0.250. The molecule has 1 aliphatic rings. The molecule has 0 saturated carbocycles. The summed E-state index contributed by atoms with van der Waals surface area (Å²) in [5.41, 5.74) is 7.34. The third-order valence-electron chi connectivity index (χ3n) is 3.65. The van der Waals surface area contributed by atoms with Crippen molar-refractivity contribution in [2.75, 3.05) is 18.9 Å². The Labute approximate surface area is 153 Å². The number of nitrogens with two attached hydrogens (primary N) is 1. The predicted octanol–water partition coefficient (Wildman–Crippen LogP) is 2.55. The van der Waals surface area contributed by atoms with Gasteiger partial charge < -0.3 is 15.4 Å². The van der Waals surface area contributed by atoms with Crippen molar-refractivity contribution in [1.82, 2.24) is 14.9 Å². The Morgan fingerprint density at radius 3 is 2.80 bits per heavy atom. The summed E-state index contributed by atoms with van der Waals surface area (Å²) in [6.07, 6.45) is 0. The van der Waals surface area contributed by atoms with E-state index in [4.69, 9.17) is 33.7 Å². The minimum absolute atomic E-state index is 0.0190. The molecule has 0 saturated heterocycles. The number of aromatic nitrogens is 2. The fourth-order valence-corrected chi connectivity index (χ4v) is 3.14. The van der Waals surface area contributed by atoms with Crippen LogP contribution in [-0.4, -0.2) is 39.9 Å². The average molecular weight is 381 g/mol. The van der Waals surface area contributed by atoms with Crippen LogP contribution < -0.4 is 5.73 Å². The molecule has 7 nitrogen and oxygen atoms in total. The summed E-state index contributed by atoms with van der Waals surface area (Å²) in [6.45, 7) is 1.92. The third kappa shape index (κ3) is 3.38. The van der Waals surface area contributed by atoms with Gasteiger partial charge in [0.2, 0.25) is 5.95 Å². The average Bonchev–Trinajstić information content (AvgIpc) is 2.82. The maximum Gasteiger partial charge on any atom is 0.325 e. The number of rotatable bonds is 4. The maximum atomic E-state index is 12.7. The highest BCUT2D eigenvalue weighted by Crippen LogP contribution is 2.35. The highest BCUT2D eigenvalue weighted by Gasteiger charge is 2.34. The lowest BCUT2D eigenvalue weighted by molar-refractivity contribution is -0.143. The number of nitrogens with zero attached hydrogens (tertiary/aromatic N) is 3. The number of carbonyl (C=O) groups excluding carboxylic acids is 2. The van der Waals surface area contributed by atoms with Crippen molar-refractivity contribution in [3.05, 3.63) is 39.5 Å². The van der Waals surface area contributed by atoms with E-state index in [9.17, 15) is 9.59 Å². The Morgan fingerprint density at radius 2 is 2.12 bits per heavy atom. The molecule has 2 N–H and O–H groups in total. The Bertz CT molecular complexity index is 873. The van der Waals surface area contributed by atoms with Crippen LogP contribution in [0.3, 0.4) is 0 Å². The lowest BCUT2D eigenvalue weighted by Crippen LogP contribution is -2.31. The fourth-order valence-electron chi connectivity index (χ4n) is 2.64. The second-order valence-corrected chi connectivity index (χ2v) is 6.19. The molecule has 0 aliphatic carbocycles. The first-order valence-corrected chi connectivity index (χ1v) is 8.23. The van der Waals surface area contributed by atoms with Gasteiger partial charge in [0.1, 0.15) is 6.54 Å². The van der Waals surface area contributed by atoms with Gasteiger partial charge in [-0.2, -0.15) is 0 Å². The molecule has 0 unspecified atom stereocenters. The first kappa shape index (κ1) is 17.4. The summed E-state index contributed by atoms with van der Waals surface area (Å²) in [4.78, 5) is 34.1. The zero-order valence-corrected chi connectivity index (χ0v) is 14.8. The Hall–Kier alpha value is -2.38. The second-order valence-electron chi connectivity index (χ2n) is 5.34. The lowest BCUT2D eigenvalue weighted by atomic mass is 10.1. The molecule has 2 aromatic rings. The zero-order valence-electron chi connectivity index (χ0n) is 13.3. The minimum Gasteiger partial charge on any atom is -0.465 e. The summed E-state index contributed by atoms with van der Waals surface area (Å²) in [7, 11) is 0. The first-order chi connectivity index (χ1) is 11.9. The molecule has 2 heterocycles. The van der Waals surface area contributed by atoms with Crippen molar-refractivity contribution in [3.63, 3.8) is 0 Å². The molecule has 3 rings (SSSR count). The van der Waals surface area contributed by atoms with Crippen LogP contribution in [0.4, 0.5) is 5.95 Å². The Kier molecular flexibility index (Phi) is 4.78. The van der Waals surface area contributed by atoms with Gasteiger partial charge in [0.05, 0.1) is 35.1 Å². The van der Waals surface area contributed by atoms with Gasteiger partial charge in [-0.15, -0.1) is 0 Å². The smallest absolute Gasteiger partial charge is 0.325 e. The molecule has 25 heavy (non-hydrogen) atoms. The first-order valence-electron chi connectivity index (χ1n) is 7.47. The highest BCUT2D eigenvalue weighted by molar-refractivity contribution is 6.36. The number of amides is 1. The molecule has 1 aromatic heterocycles. The highest BCUT2D eigenvalue weighted by atomic mass is 35.5. The van der Waals surface area contributed by atoms with E-state index in [2.05, 4.69) is 9.97 Å². The Balaban J connectivity index is 2.03. The Morgan fingerprint density at radius 1 is 1.36 bits per heavy atom. The molecular weight excluding hydrogens is 367 g/mol. The van der Waals surface area contributed by atoms with Crippen LogP contribution in [0, 0.1) is 0 Å². The molecule has 0 fully saturated rings. The molecule has 1 amide bonds. The number of esters is 1. The molecule has 130 valence electrons. The van der Waals surface area contributed by atoms with Crippen molar-refractivity contribution in [3.8, 4) is 11.3 Å². The van der Waals surface area contributed by atoms with Gasteiger partial charge in [0.15, 0.2) is 0 Å². The van der Waals surface area contributed by atoms with E-state index < -0.39 is 5.97 Å². The number of nitrogen functional groups attached to an aromatic ring is 1. The van der Waals surface area contributed by atoms with Crippen molar-refractivity contribution in [2.45, 2.75) is 13.5 Å². The van der Waals surface area contributed by atoms with Crippen LogP contribution >= 0.6 is 23.2 Å². The largest absolute Gasteiger partial charge is 0.465 e. The summed E-state index contributed by atoms with van der Waals surface area (Å²) in [5, 5.41) is 0.798. The van der Waals surface area contributed by atoms with Crippen molar-refractivity contribution in [1.29, 1.82) is 0 Å². The topological polar surface area (TPSA) is 98.4 Å². The van der Waals surface area contributed by atoms with Crippen molar-refractivity contribution >= 4 is 41.0 Å². The van der Waals surface area contributed by atoms with Gasteiger partial charge in [-0.3, -0.25) is 9.59 Å². The van der Waals surface area contributed by atoms with Crippen LogP contribution in [-0.2, 0) is 16.1 Å². The summed E-state index contributed by atoms with van der Waals surface area (Å²) in [6, 6.07) is 4.86. The predicted molar refractivity (Wildman–Crippen MR) is 93.3 cm³/mol. The second kappa shape index (κ2) is 6.85. The molecule has 0 bridgehead atoms. The van der Waals surface area contributed by atoms with E-state index in [1.807, 2.05) is 0 Å². The quantitative estimate of drug-likeness (QED) is 0.818. The summed E-state index contributed by atoms with van der Waals surface area (Å²) >= 11 is 12.2. The number of carbonyl (C=O) groups is 2. The number of fused-ring (bicyclic) bond motifs is 1. The maximum absolute atomic E-state index is 12.7. The standard InChI is InChI=1S/C16H14Cl2N4O3/c1-2-25-12(23)7-22-6-11-13(15(22)24)14(21-16(19)20-11)9-4-3-8(17)5-10(9)18/h3-5H,2,6-7H2,1H3,(H2,19,20,21). The molecular formula is C16H14Cl2N4O3. The molecule has 0 atom stereocenters. The molecule has 1 aliphatic heterocycles. The normalized spacial score (nSPS) is 13.1. The minimum atomic E-state index is -0.490. The van der Waals surface area contributed by atoms with Gasteiger partial charge in [0.25, 0.3) is 5.91 Å². The summed E-state index contributed by atoms with van der Waals surface area (Å²) < 4.78 is 4.89. The molecule has 9 heteroatoms. The van der Waals surface area contributed by atoms with Crippen LogP contribution in [0.2, 0.25) is 10.0 Å². The summed E-state index contributed by atoms with van der Waals surface area (Å²) in [5.74, 6) is -0.842. The van der Waals surface area contributed by atoms with Crippen molar-refractivity contribution < 1.29 is 14.3 Å². The van der Waals surface area contributed by atoms with Gasteiger partial charge in [-0.25, -0.2) is 9.97 Å². The van der Waals surface area contributed by atoms with Gasteiger partial charge in [-0.05, 0) is 25.1 Å². The number of hydrogen-bond donors (Lipinski definition) is 1. The van der Waals surface area contributed by atoms with Gasteiger partial charge in [-0.1, -0.05) is 23.2 Å². The van der Waals surface area contributed by atoms with E-state index in [0.29, 0.717) is 27.0 Å². The molecule has 1 aromatic carbocycles. The van der Waals surface area contributed by atoms with E-state index in [-0.39, 0.29) is 37.1 Å². The van der Waals surface area contributed by atoms with E-state index in [0.717, 1.165) is 0 Å². The lowest BCUT2D eigenvalue weighted by Gasteiger charge is -2.14. The SMILES string of the molecule is CCOC(=O)CN1Cc2nc(N)nc(-c3ccc(Cl)cc3Cl)c2C1=O. The van der Waals surface area contributed by atoms with Gasteiger partial charge >= 0.3 is 5.97 Å². The van der Waals surface area contributed by atoms with E-state index in [1.165, 1.54) is 4.90 Å². The van der Waals surface area contributed by atoms with Crippen LogP contribution in [0.15, 0.2) is 18.2 Å². The zero-order chi connectivity index (χ0) is 18.1. The molecule has 0 radical (unpaired) electrons. The van der Waals surface area contributed by atoms with Gasteiger partial charge in [0, 0.05) is 10.6 Å². The van der Waals surface area contributed by atoms with Crippen LogP contribution in [0.25, 0.3) is 11.3 Å². The number of benzene rings is 1. The monoisotopic (exact) mass is 380 g/mol.